The quantitative estimate of drug-likeness (QED) is 0.319. The smallest absolute Gasteiger partial charge is 0.328 e. The third-order valence-corrected chi connectivity index (χ3v) is 5.47. The lowest BCUT2D eigenvalue weighted by molar-refractivity contribution is -0.142. The molecule has 0 aliphatic heterocycles. The van der Waals surface area contributed by atoms with E-state index in [0.29, 0.717) is 22.9 Å². The van der Waals surface area contributed by atoms with Crippen LogP contribution in [0.15, 0.2) is 84.9 Å². The van der Waals surface area contributed by atoms with Crippen molar-refractivity contribution in [3.63, 3.8) is 0 Å². The van der Waals surface area contributed by atoms with Gasteiger partial charge in [-0.05, 0) is 42.8 Å². The Kier molecular flexibility index (Phi) is 7.55. The first-order valence-corrected chi connectivity index (χ1v) is 11.4. The Labute approximate surface area is 209 Å². The van der Waals surface area contributed by atoms with Crippen molar-refractivity contribution in [3.05, 3.63) is 102 Å². The summed E-state index contributed by atoms with van der Waals surface area (Å²) in [4.78, 5) is 34.3. The van der Waals surface area contributed by atoms with Gasteiger partial charge in [-0.2, -0.15) is 0 Å². The average Bonchev–Trinajstić information content (AvgIpc) is 2.89. The van der Waals surface area contributed by atoms with Gasteiger partial charge >= 0.3 is 5.97 Å². The van der Waals surface area contributed by atoms with Crippen LogP contribution in [0.5, 0.6) is 5.75 Å². The van der Waals surface area contributed by atoms with E-state index in [1.54, 1.807) is 30.3 Å². The minimum atomic E-state index is -0.887. The molecule has 0 fully saturated rings. The molecule has 0 saturated carbocycles. The maximum atomic E-state index is 13.0. The zero-order chi connectivity index (χ0) is 25.5. The first-order valence-electron chi connectivity index (χ1n) is 11.4. The summed E-state index contributed by atoms with van der Waals surface area (Å²) < 4.78 is 4.88. The Hall–Kier alpha value is -4.72. The number of esters is 1. The van der Waals surface area contributed by atoms with E-state index in [4.69, 9.17) is 4.74 Å². The third kappa shape index (κ3) is 6.24. The van der Waals surface area contributed by atoms with Crippen molar-refractivity contribution in [2.75, 3.05) is 12.4 Å². The number of hydrogen-bond donors (Lipinski definition) is 3. The van der Waals surface area contributed by atoms with Crippen molar-refractivity contribution >= 4 is 23.4 Å². The van der Waals surface area contributed by atoms with Crippen LogP contribution in [-0.4, -0.2) is 40.1 Å². The average molecular weight is 483 g/mol. The molecule has 3 aromatic carbocycles. The summed E-state index contributed by atoms with van der Waals surface area (Å²) in [6, 6.07) is 24.1. The Bertz CT molecular complexity index is 1360. The topological polar surface area (TPSA) is 113 Å². The van der Waals surface area contributed by atoms with Crippen LogP contribution in [0.2, 0.25) is 0 Å². The normalized spacial score (nSPS) is 11.4. The number of ether oxygens (including phenoxy) is 1. The maximum Gasteiger partial charge on any atom is 0.328 e. The molecular weight excluding hydrogens is 456 g/mol. The summed E-state index contributed by atoms with van der Waals surface area (Å²) in [5.74, 6) is 0.352. The van der Waals surface area contributed by atoms with Crippen molar-refractivity contribution in [1.82, 2.24) is 15.3 Å². The SMILES string of the molecule is COC(=O)C(Cc1ccc(O)cc1)NC(=O)c1cccc(Nc2cc(-c3ccccc3)nc(C)n2)c1. The minimum absolute atomic E-state index is 0.122. The maximum absolute atomic E-state index is 13.0. The van der Waals surface area contributed by atoms with Crippen LogP contribution in [0.25, 0.3) is 11.3 Å². The summed E-state index contributed by atoms with van der Waals surface area (Å²) in [6.07, 6.45) is 0.221. The number of methoxy groups -OCH3 is 1. The van der Waals surface area contributed by atoms with Gasteiger partial charge in [0.25, 0.3) is 5.91 Å². The van der Waals surface area contributed by atoms with Crippen molar-refractivity contribution < 1.29 is 19.4 Å². The highest BCUT2D eigenvalue weighted by Gasteiger charge is 2.23. The Morgan fingerprint density at radius 1 is 0.944 bits per heavy atom. The van der Waals surface area contributed by atoms with Crippen LogP contribution in [0.3, 0.4) is 0 Å². The molecule has 36 heavy (non-hydrogen) atoms. The number of nitrogens with one attached hydrogen (secondary N) is 2. The number of rotatable bonds is 8. The van der Waals surface area contributed by atoms with E-state index >= 15 is 0 Å². The first kappa shape index (κ1) is 24.4. The van der Waals surface area contributed by atoms with Crippen molar-refractivity contribution in [2.45, 2.75) is 19.4 Å². The summed E-state index contributed by atoms with van der Waals surface area (Å²) in [5, 5.41) is 15.5. The first-order chi connectivity index (χ1) is 17.4. The molecule has 1 atom stereocenters. The second kappa shape index (κ2) is 11.1. The van der Waals surface area contributed by atoms with Gasteiger partial charge in [-0.3, -0.25) is 4.79 Å². The number of benzene rings is 3. The van der Waals surface area contributed by atoms with Crippen molar-refractivity contribution in [3.8, 4) is 17.0 Å². The monoisotopic (exact) mass is 482 g/mol. The molecule has 182 valence electrons. The van der Waals surface area contributed by atoms with Gasteiger partial charge in [0.1, 0.15) is 23.4 Å². The van der Waals surface area contributed by atoms with Crippen LogP contribution in [0, 0.1) is 6.92 Å². The van der Waals surface area contributed by atoms with E-state index in [2.05, 4.69) is 20.6 Å². The number of phenolic OH excluding ortho intramolecular Hbond substituents is 1. The van der Waals surface area contributed by atoms with E-state index < -0.39 is 17.9 Å². The summed E-state index contributed by atoms with van der Waals surface area (Å²) in [6.45, 7) is 1.82. The molecule has 0 bridgehead atoms. The molecule has 1 amide bonds. The van der Waals surface area contributed by atoms with Crippen LogP contribution in [0.1, 0.15) is 21.7 Å². The van der Waals surface area contributed by atoms with Gasteiger partial charge in [-0.25, -0.2) is 14.8 Å². The lowest BCUT2D eigenvalue weighted by atomic mass is 10.0. The number of aryl methyl sites for hydroxylation is 1. The number of anilines is 2. The fraction of sp³-hybridized carbons (Fsp3) is 0.143. The second-order valence-corrected chi connectivity index (χ2v) is 8.18. The molecule has 0 radical (unpaired) electrons. The fourth-order valence-electron chi connectivity index (χ4n) is 3.72. The number of phenols is 1. The van der Waals surface area contributed by atoms with Gasteiger partial charge in [0, 0.05) is 29.3 Å². The van der Waals surface area contributed by atoms with Crippen LogP contribution in [0.4, 0.5) is 11.5 Å². The zero-order valence-electron chi connectivity index (χ0n) is 19.9. The van der Waals surface area contributed by atoms with Crippen LogP contribution >= 0.6 is 0 Å². The molecule has 4 rings (SSSR count). The fourth-order valence-corrected chi connectivity index (χ4v) is 3.72. The number of aromatic nitrogens is 2. The number of nitrogens with zero attached hydrogens (tertiary/aromatic N) is 2. The van der Waals surface area contributed by atoms with Crippen LogP contribution in [-0.2, 0) is 16.0 Å². The van der Waals surface area contributed by atoms with Gasteiger partial charge in [-0.15, -0.1) is 0 Å². The van der Waals surface area contributed by atoms with E-state index in [-0.39, 0.29) is 12.2 Å². The van der Waals surface area contributed by atoms with Gasteiger partial charge < -0.3 is 20.5 Å². The molecule has 1 unspecified atom stereocenters. The van der Waals surface area contributed by atoms with E-state index in [1.165, 1.54) is 19.2 Å². The highest BCUT2D eigenvalue weighted by molar-refractivity contribution is 5.97. The number of aromatic hydroxyl groups is 1. The third-order valence-electron chi connectivity index (χ3n) is 5.47. The molecular formula is C28H26N4O4. The predicted octanol–water partition coefficient (Wildman–Crippen LogP) is 4.42. The molecule has 0 spiro atoms. The molecule has 1 heterocycles. The summed E-state index contributed by atoms with van der Waals surface area (Å²) >= 11 is 0. The van der Waals surface area contributed by atoms with Gasteiger partial charge in [0.15, 0.2) is 0 Å². The molecule has 0 saturated heterocycles. The largest absolute Gasteiger partial charge is 0.508 e. The van der Waals surface area contributed by atoms with Crippen LogP contribution < -0.4 is 10.6 Å². The minimum Gasteiger partial charge on any atom is -0.508 e. The molecule has 8 nitrogen and oxygen atoms in total. The highest BCUT2D eigenvalue weighted by atomic mass is 16.5. The Morgan fingerprint density at radius 3 is 2.42 bits per heavy atom. The van der Waals surface area contributed by atoms with Gasteiger partial charge in [-0.1, -0.05) is 48.5 Å². The zero-order valence-corrected chi connectivity index (χ0v) is 19.9. The molecule has 4 aromatic rings. The van der Waals surface area contributed by atoms with E-state index in [0.717, 1.165) is 16.8 Å². The number of hydrogen-bond acceptors (Lipinski definition) is 7. The van der Waals surface area contributed by atoms with E-state index in [1.807, 2.05) is 49.4 Å². The summed E-state index contributed by atoms with van der Waals surface area (Å²) in [5.41, 5.74) is 3.56. The Balaban J connectivity index is 1.50. The number of carbonyl (C=O) groups is 2. The summed E-state index contributed by atoms with van der Waals surface area (Å²) in [7, 11) is 1.27. The molecule has 0 aliphatic carbocycles. The highest BCUT2D eigenvalue weighted by Crippen LogP contribution is 2.22. The van der Waals surface area contributed by atoms with Crippen molar-refractivity contribution in [1.29, 1.82) is 0 Å². The standard InChI is InChI=1S/C28H26N4O4/c1-18-29-24(20-7-4-3-5-8-20)17-26(30-18)31-22-10-6-9-21(16-22)27(34)32-25(28(35)36-2)15-19-11-13-23(33)14-12-19/h3-14,16-17,25,33H,15H2,1-2H3,(H,32,34)(H,29,30,31). The molecule has 0 aliphatic rings. The molecule has 1 aromatic heterocycles. The number of carbonyl (C=O) groups excluding carboxylic acids is 2. The molecule has 8 heteroatoms. The van der Waals surface area contributed by atoms with E-state index in [9.17, 15) is 14.7 Å². The lowest BCUT2D eigenvalue weighted by Gasteiger charge is -2.17. The van der Waals surface area contributed by atoms with Gasteiger partial charge in [0.2, 0.25) is 0 Å². The lowest BCUT2D eigenvalue weighted by Crippen LogP contribution is -2.43. The Morgan fingerprint density at radius 2 is 1.69 bits per heavy atom. The van der Waals surface area contributed by atoms with Crippen molar-refractivity contribution in [2.24, 2.45) is 0 Å². The van der Waals surface area contributed by atoms with Gasteiger partial charge in [0.05, 0.1) is 12.8 Å². The molecule has 3 N–H and O–H groups in total. The second-order valence-electron chi connectivity index (χ2n) is 8.18. The number of amides is 1. The predicted molar refractivity (Wildman–Crippen MR) is 137 cm³/mol.